The lowest BCUT2D eigenvalue weighted by Crippen LogP contribution is -2.46. The molecule has 1 unspecified atom stereocenters. The van der Waals surface area contributed by atoms with Gasteiger partial charge in [-0.25, -0.2) is 0 Å². The van der Waals surface area contributed by atoms with Crippen molar-refractivity contribution in [2.75, 3.05) is 32.8 Å². The molecular weight excluding hydrogens is 342 g/mol. The van der Waals surface area contributed by atoms with E-state index in [4.69, 9.17) is 10.5 Å². The SMILES string of the molecule is Cl.NCCNC(=O)C1CCCN(C(=O)CCCOc2ccccc2)C1. The van der Waals surface area contributed by atoms with Crippen molar-refractivity contribution in [3.63, 3.8) is 0 Å². The molecule has 1 aliphatic heterocycles. The lowest BCUT2D eigenvalue weighted by Gasteiger charge is -2.32. The standard InChI is InChI=1S/C18H27N3O3.ClH/c19-10-11-20-18(23)15-6-4-12-21(14-15)17(22)9-5-13-24-16-7-2-1-3-8-16;/h1-3,7-8,15H,4-6,9-14,19H2,(H,20,23);1H. The number of halogens is 1. The molecule has 0 saturated carbocycles. The van der Waals surface area contributed by atoms with Gasteiger partial charge >= 0.3 is 0 Å². The predicted octanol–water partition coefficient (Wildman–Crippen LogP) is 1.58. The number of rotatable bonds is 8. The van der Waals surface area contributed by atoms with Gasteiger partial charge in [0.05, 0.1) is 12.5 Å². The normalized spacial score (nSPS) is 16.7. The number of nitrogens with zero attached hydrogens (tertiary/aromatic N) is 1. The van der Waals surface area contributed by atoms with E-state index in [1.165, 1.54) is 0 Å². The minimum atomic E-state index is -0.116. The number of ether oxygens (including phenoxy) is 1. The van der Waals surface area contributed by atoms with E-state index in [1.54, 1.807) is 4.90 Å². The van der Waals surface area contributed by atoms with Crippen molar-refractivity contribution in [2.24, 2.45) is 11.7 Å². The Kier molecular flexibility index (Phi) is 9.96. The third-order valence-electron chi connectivity index (χ3n) is 4.14. The first-order valence-corrected chi connectivity index (χ1v) is 8.64. The van der Waals surface area contributed by atoms with Crippen molar-refractivity contribution in [3.8, 4) is 5.75 Å². The molecule has 0 aliphatic carbocycles. The van der Waals surface area contributed by atoms with Crippen molar-refractivity contribution in [2.45, 2.75) is 25.7 Å². The molecule has 0 radical (unpaired) electrons. The number of carbonyl (C=O) groups excluding carboxylic acids is 2. The largest absolute Gasteiger partial charge is 0.494 e. The second-order valence-corrected chi connectivity index (χ2v) is 6.02. The maximum absolute atomic E-state index is 12.3. The van der Waals surface area contributed by atoms with Crippen molar-refractivity contribution < 1.29 is 14.3 Å². The van der Waals surface area contributed by atoms with E-state index >= 15 is 0 Å². The number of piperidine rings is 1. The molecule has 0 bridgehead atoms. The van der Waals surface area contributed by atoms with Gasteiger partial charge in [0, 0.05) is 32.6 Å². The summed E-state index contributed by atoms with van der Waals surface area (Å²) in [6, 6.07) is 9.58. The van der Waals surface area contributed by atoms with Crippen LogP contribution in [0, 0.1) is 5.92 Å². The van der Waals surface area contributed by atoms with Gasteiger partial charge in [0.15, 0.2) is 0 Å². The van der Waals surface area contributed by atoms with Crippen LogP contribution in [0.25, 0.3) is 0 Å². The molecule has 25 heavy (non-hydrogen) atoms. The molecule has 1 heterocycles. The Hall–Kier alpha value is -1.79. The van der Waals surface area contributed by atoms with Gasteiger partial charge in [-0.2, -0.15) is 0 Å². The summed E-state index contributed by atoms with van der Waals surface area (Å²) in [6.07, 6.45) is 2.82. The van der Waals surface area contributed by atoms with Crippen LogP contribution in [0.1, 0.15) is 25.7 Å². The minimum Gasteiger partial charge on any atom is -0.494 e. The zero-order valence-electron chi connectivity index (χ0n) is 14.5. The summed E-state index contributed by atoms with van der Waals surface area (Å²) in [5, 5.41) is 2.81. The monoisotopic (exact) mass is 369 g/mol. The molecule has 1 aliphatic rings. The Bertz CT molecular complexity index is 528. The van der Waals surface area contributed by atoms with Crippen LogP contribution < -0.4 is 15.8 Å². The van der Waals surface area contributed by atoms with Crippen molar-refractivity contribution in [3.05, 3.63) is 30.3 Å². The lowest BCUT2D eigenvalue weighted by molar-refractivity contribution is -0.135. The molecule has 1 fully saturated rings. The van der Waals surface area contributed by atoms with Gasteiger partial charge in [-0.3, -0.25) is 9.59 Å². The molecule has 3 N–H and O–H groups in total. The maximum Gasteiger partial charge on any atom is 0.224 e. The van der Waals surface area contributed by atoms with E-state index in [-0.39, 0.29) is 30.1 Å². The third kappa shape index (κ3) is 7.32. The van der Waals surface area contributed by atoms with Crippen molar-refractivity contribution in [1.29, 1.82) is 0 Å². The van der Waals surface area contributed by atoms with Crippen LogP contribution in [0.2, 0.25) is 0 Å². The molecule has 7 heteroatoms. The fraction of sp³-hybridized carbons (Fsp3) is 0.556. The van der Waals surface area contributed by atoms with E-state index in [2.05, 4.69) is 5.32 Å². The van der Waals surface area contributed by atoms with E-state index in [0.29, 0.717) is 39.1 Å². The molecule has 0 aromatic heterocycles. The highest BCUT2D eigenvalue weighted by Crippen LogP contribution is 2.18. The highest BCUT2D eigenvalue weighted by atomic mass is 35.5. The molecule has 0 spiro atoms. The molecule has 1 saturated heterocycles. The first-order chi connectivity index (χ1) is 11.7. The summed E-state index contributed by atoms with van der Waals surface area (Å²) in [7, 11) is 0. The van der Waals surface area contributed by atoms with E-state index in [9.17, 15) is 9.59 Å². The summed E-state index contributed by atoms with van der Waals surface area (Å²) in [5.74, 6) is 0.808. The van der Waals surface area contributed by atoms with Crippen LogP contribution in [0.3, 0.4) is 0 Å². The third-order valence-corrected chi connectivity index (χ3v) is 4.14. The maximum atomic E-state index is 12.3. The fourth-order valence-corrected chi connectivity index (χ4v) is 2.85. The van der Waals surface area contributed by atoms with Crippen LogP contribution >= 0.6 is 12.4 Å². The average molecular weight is 370 g/mol. The average Bonchev–Trinajstić information content (AvgIpc) is 2.64. The number of benzene rings is 1. The second kappa shape index (κ2) is 11.7. The first-order valence-electron chi connectivity index (χ1n) is 8.64. The zero-order chi connectivity index (χ0) is 17.2. The zero-order valence-corrected chi connectivity index (χ0v) is 15.3. The lowest BCUT2D eigenvalue weighted by atomic mass is 9.96. The molecule has 1 atom stereocenters. The number of nitrogens with two attached hydrogens (primary N) is 1. The summed E-state index contributed by atoms with van der Waals surface area (Å²) in [4.78, 5) is 26.1. The quantitative estimate of drug-likeness (QED) is 0.681. The number of amides is 2. The Morgan fingerprint density at radius 3 is 2.76 bits per heavy atom. The van der Waals surface area contributed by atoms with Gasteiger partial charge in [0.2, 0.25) is 11.8 Å². The van der Waals surface area contributed by atoms with E-state index < -0.39 is 0 Å². The first kappa shape index (κ1) is 21.3. The van der Waals surface area contributed by atoms with Crippen molar-refractivity contribution in [1.82, 2.24) is 10.2 Å². The highest BCUT2D eigenvalue weighted by Gasteiger charge is 2.27. The number of carbonyl (C=O) groups is 2. The van der Waals surface area contributed by atoms with Gasteiger partial charge < -0.3 is 20.7 Å². The second-order valence-electron chi connectivity index (χ2n) is 6.02. The van der Waals surface area contributed by atoms with Gasteiger partial charge in [-0.1, -0.05) is 18.2 Å². The minimum absolute atomic E-state index is 0. The number of hydrogen-bond donors (Lipinski definition) is 2. The number of likely N-dealkylation sites (tertiary alicyclic amines) is 1. The topological polar surface area (TPSA) is 84.7 Å². The van der Waals surface area contributed by atoms with Gasteiger partial charge in [-0.15, -0.1) is 12.4 Å². The van der Waals surface area contributed by atoms with Crippen LogP contribution in [0.15, 0.2) is 30.3 Å². The van der Waals surface area contributed by atoms with Crippen LogP contribution in [-0.2, 0) is 9.59 Å². The van der Waals surface area contributed by atoms with Crippen LogP contribution in [-0.4, -0.2) is 49.5 Å². The summed E-state index contributed by atoms with van der Waals surface area (Å²) in [6.45, 7) is 2.68. The van der Waals surface area contributed by atoms with E-state index in [0.717, 1.165) is 25.1 Å². The molecule has 6 nitrogen and oxygen atoms in total. The van der Waals surface area contributed by atoms with Crippen molar-refractivity contribution >= 4 is 24.2 Å². The molecule has 2 rings (SSSR count). The fourth-order valence-electron chi connectivity index (χ4n) is 2.85. The van der Waals surface area contributed by atoms with E-state index in [1.807, 2.05) is 30.3 Å². The highest BCUT2D eigenvalue weighted by molar-refractivity contribution is 5.85. The van der Waals surface area contributed by atoms with Gasteiger partial charge in [-0.05, 0) is 31.4 Å². The Morgan fingerprint density at radius 2 is 2.04 bits per heavy atom. The van der Waals surface area contributed by atoms with Crippen LogP contribution in [0.5, 0.6) is 5.75 Å². The smallest absolute Gasteiger partial charge is 0.224 e. The summed E-state index contributed by atoms with van der Waals surface area (Å²) >= 11 is 0. The Labute approximate surface area is 155 Å². The van der Waals surface area contributed by atoms with Gasteiger partial charge in [0.1, 0.15) is 5.75 Å². The van der Waals surface area contributed by atoms with Gasteiger partial charge in [0.25, 0.3) is 0 Å². The molecule has 1 aromatic rings. The Morgan fingerprint density at radius 1 is 1.28 bits per heavy atom. The molecule has 1 aromatic carbocycles. The summed E-state index contributed by atoms with van der Waals surface area (Å²) < 4.78 is 5.60. The predicted molar refractivity (Wildman–Crippen MR) is 99.8 cm³/mol. The number of hydrogen-bond acceptors (Lipinski definition) is 4. The molecule has 2 amide bonds. The van der Waals surface area contributed by atoms with Crippen LogP contribution in [0.4, 0.5) is 0 Å². The summed E-state index contributed by atoms with van der Waals surface area (Å²) in [5.41, 5.74) is 5.40. The number of nitrogens with one attached hydrogen (secondary N) is 1. The molecule has 140 valence electrons. The molecular formula is C18H28ClN3O3. The number of para-hydroxylation sites is 1. The Balaban J connectivity index is 0.00000312.